The maximum Gasteiger partial charge on any atom is 0.248 e. The molecular weight excluding hydrogens is 641 g/mol. The first-order chi connectivity index (χ1) is 23.7. The van der Waals surface area contributed by atoms with Crippen molar-refractivity contribution in [3.8, 4) is 5.75 Å². The predicted molar refractivity (Wildman–Crippen MR) is 191 cm³/mol. The highest BCUT2D eigenvalue weighted by Crippen LogP contribution is 2.71. The SMILES string of the molecule is C=CCN(Cn1nnc2ccccc21)C(=O)C1N(CCCCCO)C(=O)[C@@H]2[C@H](C(=O)N(CC=C)c3ccc(OCC)cc3)[C@]3(C)CCC12S3. The number of likely N-dealkylation sites (tertiary alicyclic amines) is 1. The number of ether oxygens (including phenoxy) is 1. The van der Waals surface area contributed by atoms with Crippen molar-refractivity contribution in [1.29, 1.82) is 0 Å². The van der Waals surface area contributed by atoms with Crippen LogP contribution in [-0.2, 0) is 21.1 Å². The Labute approximate surface area is 291 Å². The first-order valence-electron chi connectivity index (χ1n) is 17.2. The van der Waals surface area contributed by atoms with Crippen LogP contribution in [0.3, 0.4) is 0 Å². The van der Waals surface area contributed by atoms with Gasteiger partial charge >= 0.3 is 0 Å². The van der Waals surface area contributed by atoms with Gasteiger partial charge in [-0.25, -0.2) is 4.68 Å². The number of rotatable bonds is 16. The summed E-state index contributed by atoms with van der Waals surface area (Å²) < 4.78 is 6.02. The number of nitrogens with zero attached hydrogens (tertiary/aromatic N) is 6. The Morgan fingerprint density at radius 1 is 1.06 bits per heavy atom. The third-order valence-electron chi connectivity index (χ3n) is 10.3. The Morgan fingerprint density at radius 2 is 1.82 bits per heavy atom. The van der Waals surface area contributed by atoms with Crippen LogP contribution < -0.4 is 9.64 Å². The van der Waals surface area contributed by atoms with E-state index >= 15 is 0 Å². The zero-order valence-corrected chi connectivity index (χ0v) is 29.2. The van der Waals surface area contributed by atoms with Crippen molar-refractivity contribution in [1.82, 2.24) is 24.8 Å². The van der Waals surface area contributed by atoms with Crippen LogP contribution in [0.2, 0.25) is 0 Å². The Hall–Kier alpha value is -4.16. The Kier molecular flexibility index (Phi) is 10.2. The molecule has 3 amide bonds. The summed E-state index contributed by atoms with van der Waals surface area (Å²) in [4.78, 5) is 49.6. The lowest BCUT2D eigenvalue weighted by Crippen LogP contribution is -2.55. The van der Waals surface area contributed by atoms with Crippen LogP contribution in [0.25, 0.3) is 11.0 Å². The summed E-state index contributed by atoms with van der Waals surface area (Å²) >= 11 is 1.66. The van der Waals surface area contributed by atoms with Crippen LogP contribution in [0.1, 0.15) is 46.0 Å². The fourth-order valence-electron chi connectivity index (χ4n) is 8.13. The minimum Gasteiger partial charge on any atom is -0.494 e. The maximum absolute atomic E-state index is 14.9. The summed E-state index contributed by atoms with van der Waals surface area (Å²) in [7, 11) is 0. The predicted octanol–water partition coefficient (Wildman–Crippen LogP) is 4.67. The van der Waals surface area contributed by atoms with Gasteiger partial charge in [0.05, 0.1) is 28.7 Å². The highest BCUT2D eigenvalue weighted by molar-refractivity contribution is 8.02. The zero-order valence-electron chi connectivity index (χ0n) is 28.4. The first-order valence-corrected chi connectivity index (χ1v) is 18.0. The third kappa shape index (κ3) is 6.14. The molecule has 260 valence electrons. The topological polar surface area (TPSA) is 121 Å². The van der Waals surface area contributed by atoms with Crippen molar-refractivity contribution in [2.45, 2.75) is 68.2 Å². The van der Waals surface area contributed by atoms with Gasteiger partial charge in [-0.1, -0.05) is 29.5 Å². The van der Waals surface area contributed by atoms with Crippen LogP contribution in [0.4, 0.5) is 5.69 Å². The molecule has 49 heavy (non-hydrogen) atoms. The molecule has 3 fully saturated rings. The van der Waals surface area contributed by atoms with Crippen LogP contribution in [0, 0.1) is 11.8 Å². The van der Waals surface area contributed by atoms with Gasteiger partial charge in [0.15, 0.2) is 0 Å². The molecule has 3 aliphatic heterocycles. The molecule has 3 saturated heterocycles. The van der Waals surface area contributed by atoms with E-state index in [1.165, 1.54) is 0 Å². The summed E-state index contributed by atoms with van der Waals surface area (Å²) in [6, 6.07) is 14.2. The number of aliphatic hydroxyl groups is 1. The lowest BCUT2D eigenvalue weighted by Gasteiger charge is -2.38. The van der Waals surface area contributed by atoms with Crippen LogP contribution in [-0.4, -0.2) is 96.0 Å². The van der Waals surface area contributed by atoms with Crippen LogP contribution in [0.15, 0.2) is 73.8 Å². The average molecular weight is 687 g/mol. The molecule has 2 bridgehead atoms. The summed E-state index contributed by atoms with van der Waals surface area (Å²) in [5.41, 5.74) is 2.23. The Balaban J connectivity index is 1.37. The van der Waals surface area contributed by atoms with E-state index in [-0.39, 0.29) is 44.1 Å². The molecular formula is C37H46N6O5S. The molecule has 1 spiro atoms. The molecule has 12 heteroatoms. The van der Waals surface area contributed by atoms with Crippen molar-refractivity contribution in [3.63, 3.8) is 0 Å². The van der Waals surface area contributed by atoms with Gasteiger partial charge in [-0.15, -0.1) is 30.0 Å². The molecule has 5 atom stereocenters. The molecule has 1 aromatic heterocycles. The third-order valence-corrected chi connectivity index (χ3v) is 12.2. The van der Waals surface area contributed by atoms with Gasteiger partial charge in [-0.3, -0.25) is 14.4 Å². The zero-order chi connectivity index (χ0) is 34.8. The standard InChI is InChI=1S/C37H46N6O5S/c1-5-21-40(25-43-29-14-10-9-13-28(29)38-39-43)35(47)32-37-20-19-36(4,49-37)30(31(37)34(46)42(32)23-11-8-12-24-44)33(45)41(22-6-2)26-15-17-27(18-16-26)48-7-3/h5-6,9-10,13-18,30-32,44H,1-2,7-8,11-12,19-25H2,3-4H3/t30-,31+,32?,36+,37?/m1/s1. The Morgan fingerprint density at radius 3 is 2.53 bits per heavy atom. The second-order valence-electron chi connectivity index (χ2n) is 13.3. The van der Waals surface area contributed by atoms with Crippen molar-refractivity contribution >= 4 is 46.2 Å². The van der Waals surface area contributed by atoms with E-state index in [0.29, 0.717) is 50.3 Å². The van der Waals surface area contributed by atoms with Gasteiger partial charge < -0.3 is 24.5 Å². The summed E-state index contributed by atoms with van der Waals surface area (Å²) in [5.74, 6) is -1.04. The van der Waals surface area contributed by atoms with E-state index < -0.39 is 27.4 Å². The fraction of sp³-hybridized carbons (Fsp3) is 0.486. The smallest absolute Gasteiger partial charge is 0.248 e. The molecule has 3 aliphatic rings. The van der Waals surface area contributed by atoms with Gasteiger partial charge in [0.1, 0.15) is 24.0 Å². The van der Waals surface area contributed by atoms with E-state index in [9.17, 15) is 19.5 Å². The van der Waals surface area contributed by atoms with Crippen molar-refractivity contribution in [2.24, 2.45) is 11.8 Å². The molecule has 1 N–H and O–H groups in total. The lowest BCUT2D eigenvalue weighted by molar-refractivity contribution is -0.143. The number of benzene rings is 2. The number of hydrogen-bond donors (Lipinski definition) is 1. The number of aliphatic hydroxyl groups excluding tert-OH is 1. The summed E-state index contributed by atoms with van der Waals surface area (Å²) in [6.45, 7) is 13.5. The molecule has 0 aliphatic carbocycles. The maximum atomic E-state index is 14.9. The lowest BCUT2D eigenvalue weighted by atomic mass is 9.66. The number of fused-ring (bicyclic) bond motifs is 2. The van der Waals surface area contributed by atoms with Gasteiger partial charge in [-0.05, 0) is 82.3 Å². The minimum atomic E-state index is -0.775. The summed E-state index contributed by atoms with van der Waals surface area (Å²) in [6.07, 6.45) is 6.72. The normalized spacial score (nSPS) is 25.4. The van der Waals surface area contributed by atoms with E-state index in [1.54, 1.807) is 43.3 Å². The summed E-state index contributed by atoms with van der Waals surface area (Å²) in [5, 5.41) is 18.0. The number of anilines is 1. The van der Waals surface area contributed by atoms with E-state index in [4.69, 9.17) is 4.74 Å². The monoisotopic (exact) mass is 686 g/mol. The van der Waals surface area contributed by atoms with Gasteiger partial charge in [0, 0.05) is 36.7 Å². The van der Waals surface area contributed by atoms with Crippen LogP contribution >= 0.6 is 11.8 Å². The number of carbonyl (C=O) groups is 3. The number of carbonyl (C=O) groups excluding carboxylic acids is 3. The molecule has 2 unspecified atom stereocenters. The number of para-hydroxylation sites is 1. The molecule has 0 radical (unpaired) electrons. The van der Waals surface area contributed by atoms with Crippen molar-refractivity contribution in [2.75, 3.05) is 37.7 Å². The second kappa shape index (κ2) is 14.4. The van der Waals surface area contributed by atoms with Crippen molar-refractivity contribution < 1.29 is 24.2 Å². The van der Waals surface area contributed by atoms with Gasteiger partial charge in [-0.2, -0.15) is 0 Å². The number of unbranched alkanes of at least 4 members (excludes halogenated alkanes) is 2. The van der Waals surface area contributed by atoms with E-state index in [2.05, 4.69) is 30.4 Å². The van der Waals surface area contributed by atoms with E-state index in [0.717, 1.165) is 17.5 Å². The first kappa shape index (κ1) is 34.7. The molecule has 2 aromatic carbocycles. The van der Waals surface area contributed by atoms with E-state index in [1.807, 2.05) is 55.5 Å². The highest BCUT2D eigenvalue weighted by Gasteiger charge is 2.77. The molecule has 0 saturated carbocycles. The number of hydrogen-bond acceptors (Lipinski definition) is 8. The highest BCUT2D eigenvalue weighted by atomic mass is 32.2. The number of thioether (sulfide) groups is 1. The quantitative estimate of drug-likeness (QED) is 0.171. The second-order valence-corrected chi connectivity index (χ2v) is 15.2. The van der Waals surface area contributed by atoms with Crippen LogP contribution in [0.5, 0.6) is 5.75 Å². The molecule has 11 nitrogen and oxygen atoms in total. The van der Waals surface area contributed by atoms with Crippen molar-refractivity contribution in [3.05, 3.63) is 73.8 Å². The largest absolute Gasteiger partial charge is 0.494 e. The minimum absolute atomic E-state index is 0.0668. The molecule has 3 aromatic rings. The molecule has 6 rings (SSSR count). The fourth-order valence-corrected chi connectivity index (χ4v) is 10.5. The molecule has 4 heterocycles. The average Bonchev–Trinajstić information content (AvgIpc) is 3.81. The van der Waals surface area contributed by atoms with Gasteiger partial charge in [0.25, 0.3) is 0 Å². The number of aromatic nitrogens is 3. The van der Waals surface area contributed by atoms with Gasteiger partial charge in [0.2, 0.25) is 17.7 Å². The number of amides is 3. The Bertz CT molecular complexity index is 1710.